The number of fused-ring (bicyclic) bond motifs is 1. The summed E-state index contributed by atoms with van der Waals surface area (Å²) in [5.41, 5.74) is 0. The fourth-order valence-electron chi connectivity index (χ4n) is 1.13. The summed E-state index contributed by atoms with van der Waals surface area (Å²) >= 11 is 0. The quantitative estimate of drug-likeness (QED) is 0.491. The SMILES string of the molecule is CC.OO.c1ccc2ccccc2c1. The van der Waals surface area contributed by atoms with Gasteiger partial charge < -0.3 is 0 Å². The molecule has 2 rings (SSSR count). The summed E-state index contributed by atoms with van der Waals surface area (Å²) in [4.78, 5) is 0. The van der Waals surface area contributed by atoms with E-state index in [1.165, 1.54) is 10.8 Å². The Morgan fingerprint density at radius 1 is 0.643 bits per heavy atom. The van der Waals surface area contributed by atoms with Crippen molar-refractivity contribution in [2.24, 2.45) is 0 Å². The minimum absolute atomic E-state index is 1.31. The van der Waals surface area contributed by atoms with Crippen LogP contribution >= 0.6 is 0 Å². The van der Waals surface area contributed by atoms with Gasteiger partial charge in [0, 0.05) is 0 Å². The summed E-state index contributed by atoms with van der Waals surface area (Å²) in [5.74, 6) is 0. The molecule has 0 unspecified atom stereocenters. The molecule has 0 aliphatic rings. The first-order chi connectivity index (χ1) is 6.97. The zero-order valence-corrected chi connectivity index (χ0v) is 8.51. The third kappa shape index (κ3) is 3.56. The van der Waals surface area contributed by atoms with Crippen LogP contribution in [0, 0.1) is 0 Å². The molecular formula is C12H16O2. The van der Waals surface area contributed by atoms with E-state index in [4.69, 9.17) is 10.5 Å². The van der Waals surface area contributed by atoms with Gasteiger partial charge in [0.1, 0.15) is 0 Å². The van der Waals surface area contributed by atoms with E-state index in [1.54, 1.807) is 0 Å². The molecule has 2 aromatic carbocycles. The summed E-state index contributed by atoms with van der Waals surface area (Å²) in [6, 6.07) is 16.7. The minimum atomic E-state index is 1.31. The van der Waals surface area contributed by atoms with Crippen molar-refractivity contribution in [1.82, 2.24) is 0 Å². The molecule has 2 aromatic rings. The molecule has 0 heterocycles. The minimum Gasteiger partial charge on any atom is -0.255 e. The second-order valence-corrected chi connectivity index (χ2v) is 2.35. The predicted molar refractivity (Wildman–Crippen MR) is 60.6 cm³/mol. The fraction of sp³-hybridized carbons (Fsp3) is 0.167. The van der Waals surface area contributed by atoms with Gasteiger partial charge in [0.2, 0.25) is 0 Å². The molecule has 0 aliphatic heterocycles. The van der Waals surface area contributed by atoms with Crippen LogP contribution in [-0.4, -0.2) is 10.5 Å². The maximum atomic E-state index is 6.00. The molecule has 14 heavy (non-hydrogen) atoms. The summed E-state index contributed by atoms with van der Waals surface area (Å²) < 4.78 is 0. The van der Waals surface area contributed by atoms with Crippen LogP contribution < -0.4 is 0 Å². The smallest absolute Gasteiger partial charge is 0.0184 e. The van der Waals surface area contributed by atoms with Crippen molar-refractivity contribution >= 4 is 10.8 Å². The van der Waals surface area contributed by atoms with Gasteiger partial charge in [0.25, 0.3) is 0 Å². The highest BCUT2D eigenvalue weighted by atomic mass is 17.0. The lowest BCUT2D eigenvalue weighted by Gasteiger charge is -1.92. The number of hydrogen-bond acceptors (Lipinski definition) is 2. The van der Waals surface area contributed by atoms with Crippen LogP contribution in [0.1, 0.15) is 13.8 Å². The van der Waals surface area contributed by atoms with Gasteiger partial charge >= 0.3 is 0 Å². The lowest BCUT2D eigenvalue weighted by Crippen LogP contribution is -1.67. The van der Waals surface area contributed by atoms with E-state index in [9.17, 15) is 0 Å². The summed E-state index contributed by atoms with van der Waals surface area (Å²) in [6.07, 6.45) is 0. The Labute approximate surface area is 84.4 Å². The van der Waals surface area contributed by atoms with Crippen molar-refractivity contribution in [3.63, 3.8) is 0 Å². The topological polar surface area (TPSA) is 40.5 Å². The normalized spacial score (nSPS) is 8.00. The maximum Gasteiger partial charge on any atom is -0.0184 e. The van der Waals surface area contributed by atoms with E-state index in [0.29, 0.717) is 0 Å². The van der Waals surface area contributed by atoms with Gasteiger partial charge in [-0.3, -0.25) is 10.5 Å². The molecule has 2 N–H and O–H groups in total. The van der Waals surface area contributed by atoms with Crippen molar-refractivity contribution in [1.29, 1.82) is 0 Å². The molecule has 2 heteroatoms. The molecule has 0 bridgehead atoms. The Kier molecular flexibility index (Phi) is 7.42. The highest BCUT2D eigenvalue weighted by Gasteiger charge is 1.85. The van der Waals surface area contributed by atoms with E-state index in [2.05, 4.69) is 48.5 Å². The van der Waals surface area contributed by atoms with Gasteiger partial charge in [-0.15, -0.1) is 0 Å². The molecule has 0 aromatic heterocycles. The lowest BCUT2D eigenvalue weighted by atomic mass is 10.1. The molecule has 0 amide bonds. The van der Waals surface area contributed by atoms with Crippen LogP contribution in [0.3, 0.4) is 0 Å². The predicted octanol–water partition coefficient (Wildman–Crippen LogP) is 3.88. The number of benzene rings is 2. The lowest BCUT2D eigenvalue weighted by molar-refractivity contribution is -0.176. The molecule has 2 nitrogen and oxygen atoms in total. The Balaban J connectivity index is 0.000000379. The highest BCUT2D eigenvalue weighted by molar-refractivity contribution is 5.81. The largest absolute Gasteiger partial charge is 0.255 e. The van der Waals surface area contributed by atoms with Gasteiger partial charge in [0.15, 0.2) is 0 Å². The van der Waals surface area contributed by atoms with Crippen LogP contribution in [0.15, 0.2) is 48.5 Å². The van der Waals surface area contributed by atoms with Gasteiger partial charge in [-0.2, -0.15) is 0 Å². The monoisotopic (exact) mass is 192 g/mol. The average Bonchev–Trinajstić information content (AvgIpc) is 2.34. The Morgan fingerprint density at radius 2 is 0.857 bits per heavy atom. The molecule has 0 aliphatic carbocycles. The summed E-state index contributed by atoms with van der Waals surface area (Å²) in [5, 5.41) is 14.6. The average molecular weight is 192 g/mol. The van der Waals surface area contributed by atoms with Crippen molar-refractivity contribution in [3.8, 4) is 0 Å². The second kappa shape index (κ2) is 8.23. The van der Waals surface area contributed by atoms with Gasteiger partial charge in [0.05, 0.1) is 0 Å². The van der Waals surface area contributed by atoms with Crippen molar-refractivity contribution in [2.45, 2.75) is 13.8 Å². The van der Waals surface area contributed by atoms with Crippen molar-refractivity contribution < 1.29 is 10.5 Å². The summed E-state index contributed by atoms with van der Waals surface area (Å²) in [6.45, 7) is 4.00. The molecular weight excluding hydrogens is 176 g/mol. The van der Waals surface area contributed by atoms with E-state index in [0.717, 1.165) is 0 Å². The molecule has 0 saturated carbocycles. The highest BCUT2D eigenvalue weighted by Crippen LogP contribution is 2.11. The van der Waals surface area contributed by atoms with Crippen molar-refractivity contribution in [3.05, 3.63) is 48.5 Å². The van der Waals surface area contributed by atoms with E-state index in [1.807, 2.05) is 13.8 Å². The zero-order valence-electron chi connectivity index (χ0n) is 8.51. The van der Waals surface area contributed by atoms with E-state index < -0.39 is 0 Å². The van der Waals surface area contributed by atoms with Crippen molar-refractivity contribution in [2.75, 3.05) is 0 Å². The van der Waals surface area contributed by atoms with Crippen LogP contribution in [0.4, 0.5) is 0 Å². The van der Waals surface area contributed by atoms with Crippen LogP contribution in [0.25, 0.3) is 10.8 Å². The van der Waals surface area contributed by atoms with Crippen LogP contribution in [0.5, 0.6) is 0 Å². The third-order valence-electron chi connectivity index (χ3n) is 1.66. The third-order valence-corrected chi connectivity index (χ3v) is 1.66. The van der Waals surface area contributed by atoms with Gasteiger partial charge in [-0.1, -0.05) is 62.4 Å². The molecule has 76 valence electrons. The first-order valence-electron chi connectivity index (χ1n) is 4.60. The van der Waals surface area contributed by atoms with E-state index >= 15 is 0 Å². The number of rotatable bonds is 0. The fourth-order valence-corrected chi connectivity index (χ4v) is 1.13. The molecule has 0 saturated heterocycles. The standard InChI is InChI=1S/C10H8.C2H6.H2O2/c1-2-6-10-8-4-3-7-9(10)5-1;2*1-2/h1-8H;1-2H3;1-2H. The Morgan fingerprint density at radius 3 is 1.07 bits per heavy atom. The molecule has 0 atom stereocenters. The maximum absolute atomic E-state index is 6.00. The first kappa shape index (κ1) is 12.6. The van der Waals surface area contributed by atoms with Gasteiger partial charge in [-0.05, 0) is 10.8 Å². The zero-order chi connectivity index (χ0) is 10.8. The first-order valence-corrected chi connectivity index (χ1v) is 4.60. The second-order valence-electron chi connectivity index (χ2n) is 2.35. The van der Waals surface area contributed by atoms with Crippen LogP contribution in [0.2, 0.25) is 0 Å². The molecule has 0 radical (unpaired) electrons. The van der Waals surface area contributed by atoms with Gasteiger partial charge in [-0.25, -0.2) is 0 Å². The Hall–Kier alpha value is -1.38. The van der Waals surface area contributed by atoms with E-state index in [-0.39, 0.29) is 0 Å². The molecule has 0 fully saturated rings. The van der Waals surface area contributed by atoms with Crippen LogP contribution in [-0.2, 0) is 0 Å². The molecule has 0 spiro atoms. The number of hydrogen-bond donors (Lipinski definition) is 2. The Bertz CT molecular complexity index is 279. The summed E-state index contributed by atoms with van der Waals surface area (Å²) in [7, 11) is 0.